The van der Waals surface area contributed by atoms with Gasteiger partial charge in [0.1, 0.15) is 0 Å². The highest BCUT2D eigenvalue weighted by Gasteiger charge is 2.23. The number of likely N-dealkylation sites (tertiary alicyclic amines) is 1. The molecule has 2 N–H and O–H groups in total. The number of nitrogens with two attached hydrogens (primary N) is 1. The number of benzene rings is 1. The molecule has 1 fully saturated rings. The third kappa shape index (κ3) is 4.87. The molecule has 0 spiro atoms. The van der Waals surface area contributed by atoms with E-state index < -0.39 is 0 Å². The molecule has 0 radical (unpaired) electrons. The molecule has 1 amide bonds. The standard InChI is InChI=1S/C16H22Cl2N2O/c17-14-3-4-15(18)13(11-14)10-12-5-8-20(9-6-12)16(21)2-1-7-19/h3-4,11-12H,1-2,5-10,19H2. The Labute approximate surface area is 136 Å². The van der Waals surface area contributed by atoms with E-state index in [1.54, 1.807) is 0 Å². The van der Waals surface area contributed by atoms with Gasteiger partial charge >= 0.3 is 0 Å². The predicted molar refractivity (Wildman–Crippen MR) is 87.8 cm³/mol. The molecule has 1 aromatic carbocycles. The maximum atomic E-state index is 12.0. The Bertz CT molecular complexity index is 485. The van der Waals surface area contributed by atoms with E-state index in [0.717, 1.165) is 54.4 Å². The summed E-state index contributed by atoms with van der Waals surface area (Å²) in [6.07, 6.45) is 4.33. The molecule has 1 aliphatic rings. The summed E-state index contributed by atoms with van der Waals surface area (Å²) in [5.41, 5.74) is 6.56. The smallest absolute Gasteiger partial charge is 0.222 e. The summed E-state index contributed by atoms with van der Waals surface area (Å²) in [4.78, 5) is 13.9. The van der Waals surface area contributed by atoms with Crippen LogP contribution in [0.5, 0.6) is 0 Å². The third-order valence-electron chi connectivity index (χ3n) is 4.08. The summed E-state index contributed by atoms with van der Waals surface area (Å²) in [6.45, 7) is 2.26. The Kier molecular flexibility index (Phi) is 6.34. The molecule has 116 valence electrons. The molecule has 0 bridgehead atoms. The van der Waals surface area contributed by atoms with E-state index in [0.29, 0.717) is 18.9 Å². The molecule has 1 saturated heterocycles. The summed E-state index contributed by atoms with van der Waals surface area (Å²) in [7, 11) is 0. The lowest BCUT2D eigenvalue weighted by Crippen LogP contribution is -2.39. The van der Waals surface area contributed by atoms with Crippen LogP contribution in [0.1, 0.15) is 31.2 Å². The van der Waals surface area contributed by atoms with Gasteiger partial charge in [-0.1, -0.05) is 23.2 Å². The average molecular weight is 329 g/mol. The molecule has 0 unspecified atom stereocenters. The van der Waals surface area contributed by atoms with Gasteiger partial charge in [-0.2, -0.15) is 0 Å². The van der Waals surface area contributed by atoms with Crippen molar-refractivity contribution < 1.29 is 4.79 Å². The van der Waals surface area contributed by atoms with Gasteiger partial charge in [0.15, 0.2) is 0 Å². The van der Waals surface area contributed by atoms with Crippen LogP contribution in [0.2, 0.25) is 10.0 Å². The number of nitrogens with zero attached hydrogens (tertiary/aromatic N) is 1. The second kappa shape index (κ2) is 8.02. The number of rotatable bonds is 5. The fourth-order valence-electron chi connectivity index (χ4n) is 2.81. The topological polar surface area (TPSA) is 46.3 Å². The molecule has 0 aliphatic carbocycles. The van der Waals surface area contributed by atoms with Gasteiger partial charge in [0, 0.05) is 29.6 Å². The Morgan fingerprint density at radius 2 is 2.00 bits per heavy atom. The van der Waals surface area contributed by atoms with Crippen molar-refractivity contribution in [2.45, 2.75) is 32.1 Å². The monoisotopic (exact) mass is 328 g/mol. The van der Waals surface area contributed by atoms with Crippen molar-refractivity contribution in [1.82, 2.24) is 4.90 Å². The van der Waals surface area contributed by atoms with E-state index in [9.17, 15) is 4.79 Å². The highest BCUT2D eigenvalue weighted by atomic mass is 35.5. The highest BCUT2D eigenvalue weighted by Crippen LogP contribution is 2.27. The third-order valence-corrected chi connectivity index (χ3v) is 4.68. The first kappa shape index (κ1) is 16.6. The maximum absolute atomic E-state index is 12.0. The molecular weight excluding hydrogens is 307 g/mol. The molecule has 0 atom stereocenters. The van der Waals surface area contributed by atoms with Crippen LogP contribution >= 0.6 is 23.2 Å². The minimum absolute atomic E-state index is 0.236. The van der Waals surface area contributed by atoms with Crippen molar-refractivity contribution in [3.8, 4) is 0 Å². The zero-order valence-corrected chi connectivity index (χ0v) is 13.7. The number of amides is 1. The zero-order chi connectivity index (χ0) is 15.2. The van der Waals surface area contributed by atoms with E-state index >= 15 is 0 Å². The predicted octanol–water partition coefficient (Wildman–Crippen LogP) is 3.51. The van der Waals surface area contributed by atoms with E-state index in [1.807, 2.05) is 23.1 Å². The highest BCUT2D eigenvalue weighted by molar-refractivity contribution is 6.33. The van der Waals surface area contributed by atoms with Gasteiger partial charge in [0.05, 0.1) is 0 Å². The molecule has 5 heteroatoms. The summed E-state index contributed by atoms with van der Waals surface area (Å²) in [5, 5.41) is 1.50. The molecule has 3 nitrogen and oxygen atoms in total. The molecule has 1 heterocycles. The van der Waals surface area contributed by atoms with Gasteiger partial charge < -0.3 is 10.6 Å². The van der Waals surface area contributed by atoms with E-state index in [4.69, 9.17) is 28.9 Å². The molecule has 1 aliphatic heterocycles. The maximum Gasteiger partial charge on any atom is 0.222 e. The van der Waals surface area contributed by atoms with Crippen LogP contribution in [-0.4, -0.2) is 30.4 Å². The van der Waals surface area contributed by atoms with Gasteiger partial charge in [0.2, 0.25) is 5.91 Å². The average Bonchev–Trinajstić information content (AvgIpc) is 2.49. The van der Waals surface area contributed by atoms with Crippen LogP contribution in [0.25, 0.3) is 0 Å². The van der Waals surface area contributed by atoms with E-state index in [2.05, 4.69) is 0 Å². The quantitative estimate of drug-likeness (QED) is 0.898. The summed E-state index contributed by atoms with van der Waals surface area (Å²) < 4.78 is 0. The van der Waals surface area contributed by atoms with Crippen molar-refractivity contribution in [3.63, 3.8) is 0 Å². The summed E-state index contributed by atoms with van der Waals surface area (Å²) >= 11 is 12.2. The first-order valence-corrected chi connectivity index (χ1v) is 8.27. The fraction of sp³-hybridized carbons (Fsp3) is 0.562. The van der Waals surface area contributed by atoms with Crippen LogP contribution in [0.15, 0.2) is 18.2 Å². The number of carbonyl (C=O) groups excluding carboxylic acids is 1. The van der Waals surface area contributed by atoms with Gasteiger partial charge in [-0.15, -0.1) is 0 Å². The second-order valence-corrected chi connectivity index (χ2v) is 6.50. The number of carbonyl (C=O) groups is 1. The number of halogens is 2. The molecule has 0 aromatic heterocycles. The molecule has 1 aromatic rings. The number of hydrogen-bond acceptors (Lipinski definition) is 2. The van der Waals surface area contributed by atoms with Crippen molar-refractivity contribution >= 4 is 29.1 Å². The van der Waals surface area contributed by atoms with Gasteiger partial charge in [0.25, 0.3) is 0 Å². The SMILES string of the molecule is NCCCC(=O)N1CCC(Cc2cc(Cl)ccc2Cl)CC1. The lowest BCUT2D eigenvalue weighted by Gasteiger charge is -2.32. The summed E-state index contributed by atoms with van der Waals surface area (Å²) in [6, 6.07) is 5.61. The lowest BCUT2D eigenvalue weighted by molar-refractivity contribution is -0.132. The number of piperidine rings is 1. The minimum Gasteiger partial charge on any atom is -0.343 e. The lowest BCUT2D eigenvalue weighted by atomic mass is 9.90. The van der Waals surface area contributed by atoms with Crippen molar-refractivity contribution in [1.29, 1.82) is 0 Å². The van der Waals surface area contributed by atoms with Crippen LogP contribution in [0, 0.1) is 5.92 Å². The summed E-state index contributed by atoms with van der Waals surface area (Å²) in [5.74, 6) is 0.805. The Morgan fingerprint density at radius 1 is 1.29 bits per heavy atom. The second-order valence-electron chi connectivity index (χ2n) is 5.66. The van der Waals surface area contributed by atoms with Crippen molar-refractivity contribution in [2.75, 3.05) is 19.6 Å². The normalized spacial score (nSPS) is 16.2. The molecule has 21 heavy (non-hydrogen) atoms. The molecule has 0 saturated carbocycles. The van der Waals surface area contributed by atoms with E-state index in [-0.39, 0.29) is 5.91 Å². The van der Waals surface area contributed by atoms with Gasteiger partial charge in [-0.25, -0.2) is 0 Å². The van der Waals surface area contributed by atoms with Crippen molar-refractivity contribution in [3.05, 3.63) is 33.8 Å². The molecule has 2 rings (SSSR count). The largest absolute Gasteiger partial charge is 0.343 e. The van der Waals surface area contributed by atoms with Crippen LogP contribution in [0.3, 0.4) is 0 Å². The van der Waals surface area contributed by atoms with Crippen LogP contribution in [0.4, 0.5) is 0 Å². The molecular formula is C16H22Cl2N2O. The number of hydrogen-bond donors (Lipinski definition) is 1. The van der Waals surface area contributed by atoms with Crippen LogP contribution in [-0.2, 0) is 11.2 Å². The van der Waals surface area contributed by atoms with Crippen LogP contribution < -0.4 is 5.73 Å². The first-order chi connectivity index (χ1) is 10.1. The van der Waals surface area contributed by atoms with Crippen molar-refractivity contribution in [2.24, 2.45) is 11.7 Å². The Hall–Kier alpha value is -0.770. The first-order valence-electron chi connectivity index (χ1n) is 7.52. The minimum atomic E-state index is 0.236. The van der Waals surface area contributed by atoms with E-state index in [1.165, 1.54) is 0 Å². The zero-order valence-electron chi connectivity index (χ0n) is 12.2. The Morgan fingerprint density at radius 3 is 2.67 bits per heavy atom. The fourth-order valence-corrected chi connectivity index (χ4v) is 3.20. The van der Waals surface area contributed by atoms with Gasteiger partial charge in [-0.3, -0.25) is 4.79 Å². The Balaban J connectivity index is 1.84. The van der Waals surface area contributed by atoms with Gasteiger partial charge in [-0.05, 0) is 61.9 Å².